The molecule has 3 rings (SSSR count). The van der Waals surface area contributed by atoms with Gasteiger partial charge in [0.05, 0.1) is 0 Å². The third-order valence-electron chi connectivity index (χ3n) is 5.39. The number of hydrogen-bond donors (Lipinski definition) is 1. The van der Waals surface area contributed by atoms with Gasteiger partial charge in [0.2, 0.25) is 0 Å². The lowest BCUT2D eigenvalue weighted by Gasteiger charge is -2.32. The second-order valence-electron chi connectivity index (χ2n) is 6.36. The van der Waals surface area contributed by atoms with Crippen molar-refractivity contribution in [1.82, 2.24) is 0 Å². The van der Waals surface area contributed by atoms with Gasteiger partial charge in [0.1, 0.15) is 0 Å². The summed E-state index contributed by atoms with van der Waals surface area (Å²) in [7, 11) is 0. The van der Waals surface area contributed by atoms with Crippen molar-refractivity contribution in [2.24, 2.45) is 11.3 Å². The highest BCUT2D eigenvalue weighted by atomic mass is 16.4. The van der Waals surface area contributed by atoms with Crippen LogP contribution in [0.1, 0.15) is 46.5 Å². The molecule has 20 heavy (non-hydrogen) atoms. The zero-order valence-electron chi connectivity index (χ0n) is 12.2. The summed E-state index contributed by atoms with van der Waals surface area (Å²) >= 11 is 0. The van der Waals surface area contributed by atoms with Gasteiger partial charge < -0.3 is 5.11 Å². The molecule has 0 aliphatic heterocycles. The summed E-state index contributed by atoms with van der Waals surface area (Å²) in [5, 5.41) is 8.91. The van der Waals surface area contributed by atoms with Crippen LogP contribution in [-0.2, 0) is 9.59 Å². The van der Waals surface area contributed by atoms with Gasteiger partial charge in [-0.1, -0.05) is 12.5 Å². The second kappa shape index (κ2) is 4.18. The van der Waals surface area contributed by atoms with E-state index in [0.29, 0.717) is 6.42 Å². The van der Waals surface area contributed by atoms with E-state index in [1.54, 1.807) is 0 Å². The molecule has 3 aliphatic rings. The fraction of sp³-hybridized carbons (Fsp3) is 0.529. The molecule has 0 aromatic rings. The molecule has 3 heteroatoms. The molecule has 1 N–H and O–H groups in total. The highest BCUT2D eigenvalue weighted by Crippen LogP contribution is 2.63. The SMILES string of the molecule is CC1=C(CCC(=O)O)C2=C(C)C3(CC3)[C@H](C)C(=O)C2=C1. The minimum absolute atomic E-state index is 0.0723. The molecule has 1 fully saturated rings. The Kier molecular flexibility index (Phi) is 2.79. The summed E-state index contributed by atoms with van der Waals surface area (Å²) in [6.07, 6.45) is 4.79. The largest absolute Gasteiger partial charge is 0.481 e. The van der Waals surface area contributed by atoms with Gasteiger partial charge in [-0.15, -0.1) is 0 Å². The van der Waals surface area contributed by atoms with Gasteiger partial charge in [0.25, 0.3) is 0 Å². The molecule has 0 radical (unpaired) electrons. The van der Waals surface area contributed by atoms with Crippen LogP contribution >= 0.6 is 0 Å². The maximum absolute atomic E-state index is 12.6. The summed E-state index contributed by atoms with van der Waals surface area (Å²) in [4.78, 5) is 23.4. The van der Waals surface area contributed by atoms with Crippen LogP contribution in [0.4, 0.5) is 0 Å². The first-order chi connectivity index (χ1) is 9.38. The van der Waals surface area contributed by atoms with E-state index in [2.05, 4.69) is 6.92 Å². The number of allylic oxidation sites excluding steroid dienone is 6. The van der Waals surface area contributed by atoms with Gasteiger partial charge in [0, 0.05) is 23.3 Å². The smallest absolute Gasteiger partial charge is 0.303 e. The summed E-state index contributed by atoms with van der Waals surface area (Å²) in [5.74, 6) is -0.467. The van der Waals surface area contributed by atoms with Gasteiger partial charge in [-0.25, -0.2) is 0 Å². The molecule has 3 aliphatic carbocycles. The number of hydrogen-bond acceptors (Lipinski definition) is 2. The summed E-state index contributed by atoms with van der Waals surface area (Å²) in [5.41, 5.74) is 5.42. The summed E-state index contributed by atoms with van der Waals surface area (Å²) in [6.45, 7) is 6.17. The Bertz CT molecular complexity index is 612. The van der Waals surface area contributed by atoms with E-state index >= 15 is 0 Å². The van der Waals surface area contributed by atoms with Gasteiger partial charge in [0.15, 0.2) is 5.78 Å². The molecule has 0 aromatic carbocycles. The Hall–Kier alpha value is -1.64. The molecule has 0 aromatic heterocycles. The van der Waals surface area contributed by atoms with Crippen molar-refractivity contribution in [2.45, 2.75) is 46.5 Å². The topological polar surface area (TPSA) is 54.4 Å². The van der Waals surface area contributed by atoms with Crippen molar-refractivity contribution in [3.05, 3.63) is 33.9 Å². The molecule has 3 nitrogen and oxygen atoms in total. The molecule has 1 spiro atoms. The van der Waals surface area contributed by atoms with Crippen molar-refractivity contribution in [3.63, 3.8) is 0 Å². The van der Waals surface area contributed by atoms with Crippen LogP contribution in [0.5, 0.6) is 0 Å². The summed E-state index contributed by atoms with van der Waals surface area (Å²) in [6, 6.07) is 0. The van der Waals surface area contributed by atoms with Crippen LogP contribution in [0.25, 0.3) is 0 Å². The Morgan fingerprint density at radius 3 is 2.60 bits per heavy atom. The molecule has 1 atom stereocenters. The van der Waals surface area contributed by atoms with E-state index in [1.807, 2.05) is 19.9 Å². The Balaban J connectivity index is 2.05. The number of carbonyl (C=O) groups excluding carboxylic acids is 1. The van der Waals surface area contributed by atoms with Crippen LogP contribution in [0, 0.1) is 11.3 Å². The van der Waals surface area contributed by atoms with Crippen molar-refractivity contribution in [2.75, 3.05) is 0 Å². The molecule has 0 bridgehead atoms. The summed E-state index contributed by atoms with van der Waals surface area (Å²) < 4.78 is 0. The number of fused-ring (bicyclic) bond motifs is 1. The predicted molar refractivity (Wildman–Crippen MR) is 76.2 cm³/mol. The van der Waals surface area contributed by atoms with Crippen LogP contribution in [0.3, 0.4) is 0 Å². The number of carboxylic acid groups (broad SMARTS) is 1. The highest BCUT2D eigenvalue weighted by Gasteiger charge is 2.56. The maximum Gasteiger partial charge on any atom is 0.303 e. The van der Waals surface area contributed by atoms with Crippen molar-refractivity contribution < 1.29 is 14.7 Å². The van der Waals surface area contributed by atoms with Gasteiger partial charge in [-0.05, 0) is 55.9 Å². The first-order valence-electron chi connectivity index (χ1n) is 7.28. The fourth-order valence-corrected chi connectivity index (χ4v) is 3.91. The predicted octanol–water partition coefficient (Wildman–Crippen LogP) is 3.42. The molecule has 0 amide bonds. The molecule has 106 valence electrons. The fourth-order valence-electron chi connectivity index (χ4n) is 3.91. The normalized spacial score (nSPS) is 27.1. The van der Waals surface area contributed by atoms with Crippen LogP contribution in [0.2, 0.25) is 0 Å². The minimum atomic E-state index is -0.784. The Morgan fingerprint density at radius 2 is 2.05 bits per heavy atom. The average Bonchev–Trinajstić information content (AvgIpc) is 3.12. The quantitative estimate of drug-likeness (QED) is 0.856. The van der Waals surface area contributed by atoms with Crippen molar-refractivity contribution >= 4 is 11.8 Å². The van der Waals surface area contributed by atoms with E-state index in [0.717, 1.165) is 35.1 Å². The van der Waals surface area contributed by atoms with E-state index in [4.69, 9.17) is 5.11 Å². The average molecular weight is 272 g/mol. The van der Waals surface area contributed by atoms with Gasteiger partial charge >= 0.3 is 5.97 Å². The lowest BCUT2D eigenvalue weighted by atomic mass is 9.70. The third-order valence-corrected chi connectivity index (χ3v) is 5.39. The van der Waals surface area contributed by atoms with Crippen molar-refractivity contribution in [3.8, 4) is 0 Å². The van der Waals surface area contributed by atoms with Crippen LogP contribution < -0.4 is 0 Å². The molecule has 0 saturated heterocycles. The number of carbonyl (C=O) groups is 2. The van der Waals surface area contributed by atoms with Crippen LogP contribution in [0.15, 0.2) is 33.9 Å². The third kappa shape index (κ3) is 1.65. The van der Waals surface area contributed by atoms with E-state index in [9.17, 15) is 9.59 Å². The molecule has 1 saturated carbocycles. The monoisotopic (exact) mass is 272 g/mol. The van der Waals surface area contributed by atoms with Crippen molar-refractivity contribution in [1.29, 1.82) is 0 Å². The molecule has 0 heterocycles. The van der Waals surface area contributed by atoms with E-state index < -0.39 is 5.97 Å². The van der Waals surface area contributed by atoms with E-state index in [1.165, 1.54) is 5.57 Å². The number of ketones is 1. The molecule has 0 unspecified atom stereocenters. The lowest BCUT2D eigenvalue weighted by molar-refractivity contribution is -0.136. The van der Waals surface area contributed by atoms with Crippen LogP contribution in [-0.4, -0.2) is 16.9 Å². The Labute approximate surface area is 119 Å². The Morgan fingerprint density at radius 1 is 1.40 bits per heavy atom. The zero-order valence-corrected chi connectivity index (χ0v) is 12.2. The number of aliphatic carboxylic acids is 1. The molecular formula is C17H20O3. The maximum atomic E-state index is 12.6. The first-order valence-corrected chi connectivity index (χ1v) is 7.28. The zero-order chi connectivity index (χ0) is 14.7. The lowest BCUT2D eigenvalue weighted by Crippen LogP contribution is -2.31. The second-order valence-corrected chi connectivity index (χ2v) is 6.36. The van der Waals surface area contributed by atoms with Gasteiger partial charge in [-0.2, -0.15) is 0 Å². The number of carboxylic acids is 1. The molecular weight excluding hydrogens is 252 g/mol. The standard InChI is InChI=1S/C17H20O3/c1-9-8-13-15(12(9)4-5-14(18)19)10(2)17(6-7-17)11(3)16(13)20/h8,11H,4-7H2,1-3H3,(H,18,19)/t11-/m1/s1. The highest BCUT2D eigenvalue weighted by molar-refractivity contribution is 6.07. The van der Waals surface area contributed by atoms with Gasteiger partial charge in [-0.3, -0.25) is 9.59 Å². The first kappa shape index (κ1) is 13.3. The number of rotatable bonds is 3. The minimum Gasteiger partial charge on any atom is -0.481 e. The number of Topliss-reactive ketones (excluding diaryl/α,β-unsaturated/α-hetero) is 1. The van der Waals surface area contributed by atoms with E-state index in [-0.39, 0.29) is 23.5 Å².